The van der Waals surface area contributed by atoms with Gasteiger partial charge in [-0.3, -0.25) is 4.72 Å². The SMILES string of the molecule is CN(C)c1ccc(Cl)cc1NS(=O)(=O)c1ccc(Cl)s1. The van der Waals surface area contributed by atoms with Gasteiger partial charge in [0.1, 0.15) is 4.21 Å². The first kappa shape index (κ1) is 15.4. The summed E-state index contributed by atoms with van der Waals surface area (Å²) in [6.45, 7) is 0. The van der Waals surface area contributed by atoms with Crippen LogP contribution >= 0.6 is 34.5 Å². The molecule has 0 unspecified atom stereocenters. The number of rotatable bonds is 4. The third-order valence-electron chi connectivity index (χ3n) is 2.50. The average molecular weight is 351 g/mol. The quantitative estimate of drug-likeness (QED) is 0.908. The van der Waals surface area contributed by atoms with E-state index in [1.807, 2.05) is 14.1 Å². The van der Waals surface area contributed by atoms with E-state index in [9.17, 15) is 8.42 Å². The van der Waals surface area contributed by atoms with E-state index in [1.54, 1.807) is 29.2 Å². The summed E-state index contributed by atoms with van der Waals surface area (Å²) in [5.74, 6) is 0. The molecule has 0 fully saturated rings. The van der Waals surface area contributed by atoms with E-state index in [0.717, 1.165) is 17.0 Å². The van der Waals surface area contributed by atoms with Gasteiger partial charge in [0.15, 0.2) is 0 Å². The van der Waals surface area contributed by atoms with Gasteiger partial charge in [0.2, 0.25) is 0 Å². The lowest BCUT2D eigenvalue weighted by Crippen LogP contribution is -2.16. The maximum atomic E-state index is 12.3. The van der Waals surface area contributed by atoms with Gasteiger partial charge in [-0.15, -0.1) is 11.3 Å². The van der Waals surface area contributed by atoms with Gasteiger partial charge < -0.3 is 4.90 Å². The number of thiophene rings is 1. The lowest BCUT2D eigenvalue weighted by Gasteiger charge is -2.18. The second-order valence-electron chi connectivity index (χ2n) is 4.22. The number of anilines is 2. The average Bonchev–Trinajstić information content (AvgIpc) is 2.75. The highest BCUT2D eigenvalue weighted by molar-refractivity contribution is 7.94. The summed E-state index contributed by atoms with van der Waals surface area (Å²) in [4.78, 5) is 1.80. The van der Waals surface area contributed by atoms with Crippen LogP contribution in [0.1, 0.15) is 0 Å². The summed E-state index contributed by atoms with van der Waals surface area (Å²) in [6.07, 6.45) is 0. The maximum absolute atomic E-state index is 12.3. The van der Waals surface area contributed by atoms with Crippen LogP contribution < -0.4 is 9.62 Å². The topological polar surface area (TPSA) is 49.4 Å². The molecule has 0 aliphatic heterocycles. The number of sulfonamides is 1. The number of hydrogen-bond donors (Lipinski definition) is 1. The highest BCUT2D eigenvalue weighted by Gasteiger charge is 2.19. The van der Waals surface area contributed by atoms with E-state index >= 15 is 0 Å². The van der Waals surface area contributed by atoms with Gasteiger partial charge in [-0.25, -0.2) is 8.42 Å². The normalized spacial score (nSPS) is 11.4. The minimum absolute atomic E-state index is 0.159. The number of halogens is 2. The molecule has 0 aliphatic carbocycles. The van der Waals surface area contributed by atoms with Gasteiger partial charge in [0, 0.05) is 19.1 Å². The van der Waals surface area contributed by atoms with Crippen molar-refractivity contribution in [1.29, 1.82) is 0 Å². The summed E-state index contributed by atoms with van der Waals surface area (Å²) in [7, 11) is -0.0216. The van der Waals surface area contributed by atoms with Crippen LogP contribution in [-0.2, 0) is 10.0 Å². The molecular formula is C12H12Cl2N2O2S2. The molecule has 1 aromatic heterocycles. The summed E-state index contributed by atoms with van der Waals surface area (Å²) >= 11 is 12.7. The van der Waals surface area contributed by atoms with Crippen LogP contribution in [0.5, 0.6) is 0 Å². The first-order valence-electron chi connectivity index (χ1n) is 5.54. The zero-order chi connectivity index (χ0) is 14.9. The Morgan fingerprint density at radius 2 is 1.85 bits per heavy atom. The van der Waals surface area contributed by atoms with Crippen molar-refractivity contribution in [2.24, 2.45) is 0 Å². The summed E-state index contributed by atoms with van der Waals surface area (Å²) in [6, 6.07) is 8.04. The Hall–Kier alpha value is -0.950. The Bertz CT molecular complexity index is 727. The van der Waals surface area contributed by atoms with Crippen LogP contribution in [0.3, 0.4) is 0 Å². The minimum atomic E-state index is -3.67. The molecular weight excluding hydrogens is 339 g/mol. The lowest BCUT2D eigenvalue weighted by molar-refractivity contribution is 0.603. The first-order valence-corrected chi connectivity index (χ1v) is 8.60. The molecule has 0 amide bonds. The number of nitrogens with one attached hydrogen (secondary N) is 1. The Balaban J connectivity index is 2.41. The third-order valence-corrected chi connectivity index (χ3v) is 5.82. The molecule has 8 heteroatoms. The Morgan fingerprint density at radius 1 is 1.15 bits per heavy atom. The molecule has 108 valence electrons. The molecule has 0 atom stereocenters. The Kier molecular flexibility index (Phi) is 4.49. The van der Waals surface area contributed by atoms with Crippen LogP contribution in [0.15, 0.2) is 34.5 Å². The Labute approximate surface area is 132 Å². The molecule has 1 N–H and O–H groups in total. The summed E-state index contributed by atoms with van der Waals surface area (Å²) in [5, 5.41) is 0.456. The van der Waals surface area contributed by atoms with Gasteiger partial charge in [-0.2, -0.15) is 0 Å². The highest BCUT2D eigenvalue weighted by atomic mass is 35.5. The number of hydrogen-bond acceptors (Lipinski definition) is 4. The first-order chi connectivity index (χ1) is 9.29. The molecule has 20 heavy (non-hydrogen) atoms. The zero-order valence-corrected chi connectivity index (χ0v) is 13.9. The van der Waals surface area contributed by atoms with Crippen molar-refractivity contribution < 1.29 is 8.42 Å². The molecule has 4 nitrogen and oxygen atoms in total. The van der Waals surface area contributed by atoms with Crippen LogP contribution in [0.2, 0.25) is 9.36 Å². The smallest absolute Gasteiger partial charge is 0.271 e. The molecule has 0 saturated heterocycles. The van der Waals surface area contributed by atoms with Crippen molar-refractivity contribution in [3.8, 4) is 0 Å². The van der Waals surface area contributed by atoms with Gasteiger partial charge in [0.05, 0.1) is 15.7 Å². The molecule has 0 radical (unpaired) electrons. The summed E-state index contributed by atoms with van der Waals surface area (Å²) < 4.78 is 27.7. The highest BCUT2D eigenvalue weighted by Crippen LogP contribution is 2.32. The van der Waals surface area contributed by atoms with Gasteiger partial charge in [-0.1, -0.05) is 23.2 Å². The van der Waals surface area contributed by atoms with E-state index in [1.165, 1.54) is 6.07 Å². The predicted octanol–water partition coefficient (Wildman–Crippen LogP) is 3.92. The molecule has 0 bridgehead atoms. The zero-order valence-electron chi connectivity index (χ0n) is 10.7. The maximum Gasteiger partial charge on any atom is 0.271 e. The predicted molar refractivity (Wildman–Crippen MR) is 85.9 cm³/mol. The van der Waals surface area contributed by atoms with Crippen molar-refractivity contribution in [3.05, 3.63) is 39.7 Å². The number of nitrogens with zero attached hydrogens (tertiary/aromatic N) is 1. The molecule has 1 aromatic carbocycles. The van der Waals surface area contributed by atoms with Gasteiger partial charge in [0.25, 0.3) is 10.0 Å². The van der Waals surface area contributed by atoms with Crippen LogP contribution in [0, 0.1) is 0 Å². The van der Waals surface area contributed by atoms with Crippen molar-refractivity contribution in [3.63, 3.8) is 0 Å². The van der Waals surface area contributed by atoms with E-state index in [0.29, 0.717) is 15.0 Å². The van der Waals surface area contributed by atoms with Crippen molar-refractivity contribution in [1.82, 2.24) is 0 Å². The monoisotopic (exact) mass is 350 g/mol. The fourth-order valence-corrected chi connectivity index (χ4v) is 4.34. The molecule has 1 heterocycles. The molecule has 0 spiro atoms. The second-order valence-corrected chi connectivity index (χ2v) is 8.28. The third kappa shape index (κ3) is 3.38. The number of benzene rings is 1. The minimum Gasteiger partial charge on any atom is -0.376 e. The van der Waals surface area contributed by atoms with Gasteiger partial charge in [-0.05, 0) is 30.3 Å². The van der Waals surface area contributed by atoms with E-state index < -0.39 is 10.0 Å². The lowest BCUT2D eigenvalue weighted by atomic mass is 10.2. The standard InChI is InChI=1S/C12H12Cl2N2O2S2/c1-16(2)10-4-3-8(13)7-9(10)15-20(17,18)12-6-5-11(14)19-12/h3-7,15H,1-2H3. The van der Waals surface area contributed by atoms with Crippen LogP contribution in [0.25, 0.3) is 0 Å². The fourth-order valence-electron chi connectivity index (χ4n) is 1.62. The van der Waals surface area contributed by atoms with Crippen molar-refractivity contribution in [2.75, 3.05) is 23.7 Å². The summed E-state index contributed by atoms with van der Waals surface area (Å²) in [5.41, 5.74) is 1.15. The van der Waals surface area contributed by atoms with Gasteiger partial charge >= 0.3 is 0 Å². The fraction of sp³-hybridized carbons (Fsp3) is 0.167. The van der Waals surface area contributed by atoms with Crippen LogP contribution in [-0.4, -0.2) is 22.5 Å². The van der Waals surface area contributed by atoms with Crippen molar-refractivity contribution >= 4 is 55.9 Å². The van der Waals surface area contributed by atoms with E-state index in [2.05, 4.69) is 4.72 Å². The largest absolute Gasteiger partial charge is 0.376 e. The second kappa shape index (κ2) is 5.81. The van der Waals surface area contributed by atoms with Crippen molar-refractivity contribution in [2.45, 2.75) is 4.21 Å². The van der Waals surface area contributed by atoms with E-state index in [4.69, 9.17) is 23.2 Å². The molecule has 2 rings (SSSR count). The Morgan fingerprint density at radius 3 is 2.40 bits per heavy atom. The molecule has 0 saturated carbocycles. The molecule has 2 aromatic rings. The molecule has 0 aliphatic rings. The van der Waals surface area contributed by atoms with E-state index in [-0.39, 0.29) is 4.21 Å². The van der Waals surface area contributed by atoms with Crippen LogP contribution in [0.4, 0.5) is 11.4 Å².